The van der Waals surface area contributed by atoms with Gasteiger partial charge in [-0.1, -0.05) is 30.3 Å². The second-order valence-corrected chi connectivity index (χ2v) is 4.74. The van der Waals surface area contributed by atoms with E-state index in [1.165, 1.54) is 12.1 Å². The minimum atomic E-state index is -1.59. The van der Waals surface area contributed by atoms with Crippen LogP contribution in [0.5, 0.6) is 5.75 Å². The molecule has 120 valence electrons. The molecule has 23 heavy (non-hydrogen) atoms. The zero-order valence-corrected chi connectivity index (χ0v) is 12.5. The first-order valence-corrected chi connectivity index (χ1v) is 7.04. The number of carboxylic acid groups (broad SMARTS) is 1. The molecule has 0 aliphatic heterocycles. The summed E-state index contributed by atoms with van der Waals surface area (Å²) >= 11 is 0. The molecule has 0 atom stereocenters. The third kappa shape index (κ3) is 4.06. The summed E-state index contributed by atoms with van der Waals surface area (Å²) in [6, 6.07) is 13.2. The van der Waals surface area contributed by atoms with Gasteiger partial charge in [-0.2, -0.15) is 0 Å². The Bertz CT molecular complexity index is 703. The third-order valence-electron chi connectivity index (χ3n) is 3.21. The van der Waals surface area contributed by atoms with Gasteiger partial charge in [0.1, 0.15) is 6.61 Å². The highest BCUT2D eigenvalue weighted by molar-refractivity contribution is 6.37. The molecule has 2 aromatic rings. The van der Waals surface area contributed by atoms with Gasteiger partial charge in [0.2, 0.25) is 0 Å². The number of carboxylic acids is 1. The van der Waals surface area contributed by atoms with Crippen LogP contribution in [0.1, 0.15) is 12.5 Å². The molecule has 0 unspecified atom stereocenters. The van der Waals surface area contributed by atoms with Crippen LogP contribution >= 0.6 is 0 Å². The van der Waals surface area contributed by atoms with Gasteiger partial charge < -0.3 is 14.7 Å². The number of benzene rings is 2. The molecule has 2 aromatic carbocycles. The van der Waals surface area contributed by atoms with Crippen molar-refractivity contribution in [3.8, 4) is 5.75 Å². The van der Waals surface area contributed by atoms with E-state index in [0.717, 1.165) is 16.5 Å². The van der Waals surface area contributed by atoms with Crippen molar-refractivity contribution in [3.63, 3.8) is 0 Å². The van der Waals surface area contributed by atoms with E-state index < -0.39 is 17.7 Å². The first-order chi connectivity index (χ1) is 11.0. The fraction of sp³-hybridized carbons (Fsp3) is 0.176. The van der Waals surface area contributed by atoms with Gasteiger partial charge in [0.05, 0.1) is 0 Å². The second-order valence-electron chi connectivity index (χ2n) is 4.74. The standard InChI is InChI=1S/C17H16FNO4/c1-2-19(16(20)17(21)22)13-8-9-15(14(18)10-13)23-11-12-6-4-3-5-7-12/h3-10H,2,11H2,1H3,(H,21,22). The highest BCUT2D eigenvalue weighted by Crippen LogP contribution is 2.24. The Hall–Kier alpha value is -2.89. The number of anilines is 1. The smallest absolute Gasteiger partial charge is 0.394 e. The van der Waals surface area contributed by atoms with E-state index in [1.807, 2.05) is 30.3 Å². The van der Waals surface area contributed by atoms with Crippen LogP contribution in [0.4, 0.5) is 10.1 Å². The summed E-state index contributed by atoms with van der Waals surface area (Å²) in [4.78, 5) is 23.3. The number of halogens is 1. The fourth-order valence-electron chi connectivity index (χ4n) is 2.07. The Balaban J connectivity index is 2.13. The maximum Gasteiger partial charge on any atom is 0.394 e. The van der Waals surface area contributed by atoms with Gasteiger partial charge in [-0.05, 0) is 24.6 Å². The Morgan fingerprint density at radius 2 is 1.87 bits per heavy atom. The molecule has 2 rings (SSSR count). The quantitative estimate of drug-likeness (QED) is 0.861. The van der Waals surface area contributed by atoms with Crippen molar-refractivity contribution < 1.29 is 23.8 Å². The van der Waals surface area contributed by atoms with Crippen LogP contribution in [0.3, 0.4) is 0 Å². The minimum absolute atomic E-state index is 0.0384. The Labute approximate surface area is 132 Å². The lowest BCUT2D eigenvalue weighted by atomic mass is 10.2. The van der Waals surface area contributed by atoms with Gasteiger partial charge in [0.15, 0.2) is 11.6 Å². The van der Waals surface area contributed by atoms with Crippen LogP contribution in [0.2, 0.25) is 0 Å². The molecule has 1 N–H and O–H groups in total. The summed E-state index contributed by atoms with van der Waals surface area (Å²) < 4.78 is 19.5. The molecule has 1 amide bonds. The Morgan fingerprint density at radius 1 is 1.17 bits per heavy atom. The summed E-state index contributed by atoms with van der Waals surface area (Å²) in [5.41, 5.74) is 1.07. The van der Waals surface area contributed by atoms with E-state index in [4.69, 9.17) is 9.84 Å². The number of ether oxygens (including phenoxy) is 1. The number of rotatable bonds is 5. The molecular weight excluding hydrogens is 301 g/mol. The predicted molar refractivity (Wildman–Crippen MR) is 82.8 cm³/mol. The normalized spacial score (nSPS) is 10.2. The molecule has 0 aromatic heterocycles. The molecule has 0 spiro atoms. The number of carbonyl (C=O) groups is 2. The topological polar surface area (TPSA) is 66.8 Å². The summed E-state index contributed by atoms with van der Waals surface area (Å²) in [6.45, 7) is 1.94. The lowest BCUT2D eigenvalue weighted by molar-refractivity contribution is -0.148. The predicted octanol–water partition coefficient (Wildman–Crippen LogP) is 2.84. The van der Waals surface area contributed by atoms with Crippen LogP contribution in [0.15, 0.2) is 48.5 Å². The van der Waals surface area contributed by atoms with Gasteiger partial charge in [-0.25, -0.2) is 9.18 Å². The van der Waals surface area contributed by atoms with Gasteiger partial charge in [0, 0.05) is 18.3 Å². The Morgan fingerprint density at radius 3 is 2.43 bits per heavy atom. The number of nitrogens with zero attached hydrogens (tertiary/aromatic N) is 1. The zero-order valence-electron chi connectivity index (χ0n) is 12.5. The Kier molecular flexibility index (Phi) is 5.30. The van der Waals surface area contributed by atoms with E-state index >= 15 is 0 Å². The van der Waals surface area contributed by atoms with E-state index in [-0.39, 0.29) is 24.6 Å². The van der Waals surface area contributed by atoms with E-state index in [0.29, 0.717) is 0 Å². The molecule has 0 heterocycles. The van der Waals surface area contributed by atoms with E-state index in [9.17, 15) is 14.0 Å². The number of amides is 1. The summed E-state index contributed by atoms with van der Waals surface area (Å²) in [6.07, 6.45) is 0. The van der Waals surface area contributed by atoms with Gasteiger partial charge in [0.25, 0.3) is 0 Å². The monoisotopic (exact) mass is 317 g/mol. The van der Waals surface area contributed by atoms with Crippen LogP contribution in [-0.4, -0.2) is 23.5 Å². The molecule has 0 bridgehead atoms. The lowest BCUT2D eigenvalue weighted by Gasteiger charge is -2.19. The van der Waals surface area contributed by atoms with Crippen molar-refractivity contribution in [2.24, 2.45) is 0 Å². The van der Waals surface area contributed by atoms with Crippen LogP contribution in [-0.2, 0) is 16.2 Å². The molecule has 0 aliphatic carbocycles. The largest absolute Gasteiger partial charge is 0.486 e. The fourth-order valence-corrected chi connectivity index (χ4v) is 2.07. The first kappa shape index (κ1) is 16.5. The molecular formula is C17H16FNO4. The number of hydrogen-bond acceptors (Lipinski definition) is 3. The second kappa shape index (κ2) is 7.40. The molecule has 0 fully saturated rings. The van der Waals surface area contributed by atoms with Gasteiger partial charge >= 0.3 is 11.9 Å². The minimum Gasteiger partial charge on any atom is -0.486 e. The lowest BCUT2D eigenvalue weighted by Crippen LogP contribution is -2.36. The molecule has 5 nitrogen and oxygen atoms in total. The zero-order chi connectivity index (χ0) is 16.8. The number of hydrogen-bond donors (Lipinski definition) is 1. The van der Waals surface area contributed by atoms with Crippen LogP contribution in [0.25, 0.3) is 0 Å². The molecule has 0 aliphatic rings. The van der Waals surface area contributed by atoms with Crippen molar-refractivity contribution in [1.29, 1.82) is 0 Å². The summed E-state index contributed by atoms with van der Waals surface area (Å²) in [5.74, 6) is -3.31. The maximum absolute atomic E-state index is 14.1. The van der Waals surface area contributed by atoms with E-state index in [2.05, 4.69) is 0 Å². The number of carbonyl (C=O) groups excluding carboxylic acids is 1. The van der Waals surface area contributed by atoms with Crippen LogP contribution in [0, 0.1) is 5.82 Å². The van der Waals surface area contributed by atoms with Crippen molar-refractivity contribution in [2.45, 2.75) is 13.5 Å². The first-order valence-electron chi connectivity index (χ1n) is 7.04. The SMILES string of the molecule is CCN(C(=O)C(=O)O)c1ccc(OCc2ccccc2)c(F)c1. The van der Waals surface area contributed by atoms with Gasteiger partial charge in [-0.15, -0.1) is 0 Å². The third-order valence-corrected chi connectivity index (χ3v) is 3.21. The number of likely N-dealkylation sites (N-methyl/N-ethyl adjacent to an activating group) is 1. The van der Waals surface area contributed by atoms with Crippen molar-refractivity contribution in [1.82, 2.24) is 0 Å². The van der Waals surface area contributed by atoms with Crippen molar-refractivity contribution in [2.75, 3.05) is 11.4 Å². The van der Waals surface area contributed by atoms with Crippen molar-refractivity contribution in [3.05, 3.63) is 59.9 Å². The average molecular weight is 317 g/mol. The van der Waals surface area contributed by atoms with Crippen LogP contribution < -0.4 is 9.64 Å². The molecule has 0 saturated heterocycles. The molecule has 6 heteroatoms. The van der Waals surface area contributed by atoms with E-state index in [1.54, 1.807) is 6.92 Å². The average Bonchev–Trinajstić information content (AvgIpc) is 2.55. The highest BCUT2D eigenvalue weighted by Gasteiger charge is 2.22. The van der Waals surface area contributed by atoms with Crippen molar-refractivity contribution >= 4 is 17.6 Å². The number of aliphatic carboxylic acids is 1. The highest BCUT2D eigenvalue weighted by atomic mass is 19.1. The molecule has 0 radical (unpaired) electrons. The molecule has 0 saturated carbocycles. The maximum atomic E-state index is 14.1. The van der Waals surface area contributed by atoms with Gasteiger partial charge in [-0.3, -0.25) is 4.79 Å². The summed E-state index contributed by atoms with van der Waals surface area (Å²) in [5, 5.41) is 8.77. The summed E-state index contributed by atoms with van der Waals surface area (Å²) in [7, 11) is 0.